The zero-order chi connectivity index (χ0) is 10.6. The number of amides is 1. The molecular weight excluding hydrogens is 182 g/mol. The fraction of sp³-hybridized carbons (Fsp3) is 0.600. The Morgan fingerprint density at radius 1 is 1.64 bits per heavy atom. The maximum atomic E-state index is 11.5. The molecule has 2 atom stereocenters. The van der Waals surface area contributed by atoms with Crippen LogP contribution >= 0.6 is 0 Å². The van der Waals surface area contributed by atoms with Crippen molar-refractivity contribution in [1.29, 1.82) is 0 Å². The lowest BCUT2D eigenvalue weighted by molar-refractivity contribution is -0.126. The number of carbonyl (C=O) groups is 2. The van der Waals surface area contributed by atoms with Crippen molar-refractivity contribution in [3.05, 3.63) is 12.7 Å². The highest BCUT2D eigenvalue weighted by Crippen LogP contribution is 2.26. The van der Waals surface area contributed by atoms with E-state index < -0.39 is 6.09 Å². The first kappa shape index (κ1) is 10.8. The van der Waals surface area contributed by atoms with Gasteiger partial charge in [0.25, 0.3) is 0 Å². The predicted octanol–water partition coefficient (Wildman–Crippen LogP) is 1.25. The summed E-state index contributed by atoms with van der Waals surface area (Å²) in [6, 6.07) is 0. The zero-order valence-corrected chi connectivity index (χ0v) is 8.07. The second-order valence-corrected chi connectivity index (χ2v) is 3.57. The topological polar surface area (TPSA) is 69.4 Å². The number of ether oxygens (including phenoxy) is 1. The third-order valence-corrected chi connectivity index (χ3v) is 2.56. The van der Waals surface area contributed by atoms with E-state index in [1.165, 1.54) is 0 Å². The molecule has 0 heterocycles. The second-order valence-electron chi connectivity index (χ2n) is 3.57. The number of nitrogens with two attached hydrogens (primary N) is 1. The molecule has 1 aliphatic carbocycles. The number of primary amides is 1. The minimum atomic E-state index is -0.816. The summed E-state index contributed by atoms with van der Waals surface area (Å²) in [4.78, 5) is 21.8. The lowest BCUT2D eigenvalue weighted by Crippen LogP contribution is -2.29. The van der Waals surface area contributed by atoms with Crippen LogP contribution in [0.25, 0.3) is 0 Å². The minimum Gasteiger partial charge on any atom is -0.449 e. The van der Waals surface area contributed by atoms with Crippen molar-refractivity contribution < 1.29 is 14.3 Å². The smallest absolute Gasteiger partial charge is 0.404 e. The Bertz CT molecular complexity index is 250. The summed E-state index contributed by atoms with van der Waals surface area (Å²) in [5.74, 6) is 0.258. The number of ketones is 1. The van der Waals surface area contributed by atoms with Gasteiger partial charge in [0, 0.05) is 6.42 Å². The van der Waals surface area contributed by atoms with E-state index in [1.54, 1.807) is 0 Å². The Hall–Kier alpha value is -1.32. The van der Waals surface area contributed by atoms with Crippen molar-refractivity contribution in [2.45, 2.75) is 19.3 Å². The van der Waals surface area contributed by atoms with Crippen LogP contribution in [0.4, 0.5) is 4.79 Å². The first-order valence-electron chi connectivity index (χ1n) is 4.71. The summed E-state index contributed by atoms with van der Waals surface area (Å²) < 4.78 is 4.61. The van der Waals surface area contributed by atoms with E-state index >= 15 is 0 Å². The summed E-state index contributed by atoms with van der Waals surface area (Å²) in [6.45, 7) is 3.78. The molecule has 1 fully saturated rings. The van der Waals surface area contributed by atoms with E-state index in [2.05, 4.69) is 11.3 Å². The van der Waals surface area contributed by atoms with Gasteiger partial charge in [0.15, 0.2) is 0 Å². The van der Waals surface area contributed by atoms with Gasteiger partial charge < -0.3 is 10.5 Å². The molecule has 0 aromatic rings. The first-order valence-corrected chi connectivity index (χ1v) is 4.71. The summed E-state index contributed by atoms with van der Waals surface area (Å²) in [5, 5.41) is 0. The molecule has 1 aliphatic rings. The predicted molar refractivity (Wildman–Crippen MR) is 51.6 cm³/mol. The summed E-state index contributed by atoms with van der Waals surface area (Å²) in [7, 11) is 0. The fourth-order valence-electron chi connectivity index (χ4n) is 1.66. The van der Waals surface area contributed by atoms with Gasteiger partial charge >= 0.3 is 6.09 Å². The molecule has 14 heavy (non-hydrogen) atoms. The van der Waals surface area contributed by atoms with Crippen LogP contribution in [0, 0.1) is 11.8 Å². The summed E-state index contributed by atoms with van der Waals surface area (Å²) in [5.41, 5.74) is 4.82. The average Bonchev–Trinajstić information content (AvgIpc) is 2.15. The van der Waals surface area contributed by atoms with Gasteiger partial charge in [-0.05, 0) is 18.8 Å². The van der Waals surface area contributed by atoms with E-state index in [4.69, 9.17) is 5.73 Å². The van der Waals surface area contributed by atoms with Crippen molar-refractivity contribution >= 4 is 11.9 Å². The van der Waals surface area contributed by atoms with Gasteiger partial charge in [0.1, 0.15) is 12.4 Å². The number of rotatable bonds is 3. The number of Topliss-reactive ketones (excluding diaryl/α,β-unsaturated/α-hetero) is 1. The van der Waals surface area contributed by atoms with Gasteiger partial charge in [-0.1, -0.05) is 6.08 Å². The van der Waals surface area contributed by atoms with E-state index in [9.17, 15) is 9.59 Å². The highest BCUT2D eigenvalue weighted by molar-refractivity contribution is 5.82. The molecule has 4 nitrogen and oxygen atoms in total. The van der Waals surface area contributed by atoms with Gasteiger partial charge in [-0.2, -0.15) is 0 Å². The highest BCUT2D eigenvalue weighted by atomic mass is 16.5. The maximum Gasteiger partial charge on any atom is 0.404 e. The summed E-state index contributed by atoms with van der Waals surface area (Å²) >= 11 is 0. The average molecular weight is 197 g/mol. The normalized spacial score (nSPS) is 27.0. The molecule has 78 valence electrons. The molecule has 0 radical (unpaired) electrons. The molecule has 1 rings (SSSR count). The van der Waals surface area contributed by atoms with E-state index in [0.717, 1.165) is 12.8 Å². The fourth-order valence-corrected chi connectivity index (χ4v) is 1.66. The molecule has 0 aromatic carbocycles. The van der Waals surface area contributed by atoms with Crippen LogP contribution in [0.15, 0.2) is 12.7 Å². The Kier molecular flexibility index (Phi) is 3.68. The van der Waals surface area contributed by atoms with Gasteiger partial charge in [0.2, 0.25) is 0 Å². The van der Waals surface area contributed by atoms with Crippen LogP contribution in [0.5, 0.6) is 0 Å². The maximum absolute atomic E-state index is 11.5. The van der Waals surface area contributed by atoms with Crippen molar-refractivity contribution in [3.63, 3.8) is 0 Å². The number of hydrogen-bond donors (Lipinski definition) is 1. The van der Waals surface area contributed by atoms with Crippen LogP contribution in [0.2, 0.25) is 0 Å². The molecule has 2 unspecified atom stereocenters. The molecule has 0 spiro atoms. The van der Waals surface area contributed by atoms with Gasteiger partial charge in [-0.25, -0.2) is 4.79 Å². The van der Waals surface area contributed by atoms with Crippen LogP contribution < -0.4 is 5.73 Å². The van der Waals surface area contributed by atoms with Crippen LogP contribution in [0.3, 0.4) is 0 Å². The van der Waals surface area contributed by atoms with Gasteiger partial charge in [-0.3, -0.25) is 4.79 Å². The molecule has 1 saturated carbocycles. The minimum absolute atomic E-state index is 0.123. The van der Waals surface area contributed by atoms with Gasteiger partial charge in [0.05, 0.1) is 5.92 Å². The summed E-state index contributed by atoms with van der Waals surface area (Å²) in [6.07, 6.45) is 3.19. The third kappa shape index (κ3) is 2.87. The standard InChI is InChI=1S/C10H15NO3/c1-2-7-3-4-8(9(12)5-7)6-14-10(11)13/h2,7-8H,1,3-6H2,(H2,11,13). The molecule has 0 bridgehead atoms. The monoisotopic (exact) mass is 197 g/mol. The lowest BCUT2D eigenvalue weighted by atomic mass is 9.81. The van der Waals surface area contributed by atoms with Crippen molar-refractivity contribution in [2.75, 3.05) is 6.61 Å². The Morgan fingerprint density at radius 3 is 2.86 bits per heavy atom. The Morgan fingerprint density at radius 2 is 2.36 bits per heavy atom. The first-order chi connectivity index (χ1) is 6.63. The van der Waals surface area contributed by atoms with Crippen LogP contribution in [-0.2, 0) is 9.53 Å². The van der Waals surface area contributed by atoms with Crippen LogP contribution in [0.1, 0.15) is 19.3 Å². The third-order valence-electron chi connectivity index (χ3n) is 2.56. The molecule has 1 amide bonds. The molecule has 4 heteroatoms. The lowest BCUT2D eigenvalue weighted by Gasteiger charge is -2.24. The van der Waals surface area contributed by atoms with E-state index in [1.807, 2.05) is 6.08 Å². The highest BCUT2D eigenvalue weighted by Gasteiger charge is 2.27. The van der Waals surface area contributed by atoms with Crippen molar-refractivity contribution in [2.24, 2.45) is 17.6 Å². The van der Waals surface area contributed by atoms with E-state index in [-0.39, 0.29) is 24.2 Å². The molecule has 0 saturated heterocycles. The Balaban J connectivity index is 2.38. The Labute approximate surface area is 83.1 Å². The van der Waals surface area contributed by atoms with E-state index in [0.29, 0.717) is 6.42 Å². The van der Waals surface area contributed by atoms with Crippen LogP contribution in [-0.4, -0.2) is 18.5 Å². The quantitative estimate of drug-likeness (QED) is 0.692. The molecule has 2 N–H and O–H groups in total. The second kappa shape index (κ2) is 4.79. The number of carbonyl (C=O) groups excluding carboxylic acids is 2. The molecular formula is C10H15NO3. The number of hydrogen-bond acceptors (Lipinski definition) is 3. The molecule has 0 aliphatic heterocycles. The van der Waals surface area contributed by atoms with Crippen molar-refractivity contribution in [3.8, 4) is 0 Å². The van der Waals surface area contributed by atoms with Crippen molar-refractivity contribution in [1.82, 2.24) is 0 Å². The largest absolute Gasteiger partial charge is 0.449 e. The SMILES string of the molecule is C=CC1CCC(COC(N)=O)C(=O)C1. The zero-order valence-electron chi connectivity index (χ0n) is 8.07. The number of allylic oxidation sites excluding steroid dienone is 1. The van der Waals surface area contributed by atoms with Gasteiger partial charge in [-0.15, -0.1) is 6.58 Å². The molecule has 0 aromatic heterocycles.